The molecule has 2 heterocycles. The first-order valence-corrected chi connectivity index (χ1v) is 9.46. The summed E-state index contributed by atoms with van der Waals surface area (Å²) >= 11 is 0. The number of guanidine groups is 1. The lowest BCUT2D eigenvalue weighted by atomic mass is 9.99. The normalized spacial score (nSPS) is 18.4. The van der Waals surface area contributed by atoms with E-state index >= 15 is 0 Å². The highest BCUT2D eigenvalue weighted by Crippen LogP contribution is 2.21. The van der Waals surface area contributed by atoms with Gasteiger partial charge in [-0.05, 0) is 37.0 Å². The van der Waals surface area contributed by atoms with Crippen LogP contribution in [0, 0.1) is 12.7 Å². The summed E-state index contributed by atoms with van der Waals surface area (Å²) in [5, 5.41) is 6.86. The average molecular weight is 369 g/mol. The summed E-state index contributed by atoms with van der Waals surface area (Å²) in [6.07, 6.45) is 2.55. The molecular formula is C21H28FN5. The first-order valence-electron chi connectivity index (χ1n) is 9.46. The summed E-state index contributed by atoms with van der Waals surface area (Å²) < 4.78 is 13.9. The van der Waals surface area contributed by atoms with Crippen LogP contribution in [0.5, 0.6) is 0 Å². The van der Waals surface area contributed by atoms with E-state index in [1.54, 1.807) is 19.3 Å². The summed E-state index contributed by atoms with van der Waals surface area (Å²) in [4.78, 5) is 10.5. The zero-order valence-corrected chi connectivity index (χ0v) is 16.2. The number of halogens is 1. The molecular weight excluding hydrogens is 341 g/mol. The Morgan fingerprint density at radius 3 is 2.96 bits per heavy atom. The van der Waals surface area contributed by atoms with Crippen LogP contribution in [-0.4, -0.2) is 43.7 Å². The molecule has 0 amide bonds. The van der Waals surface area contributed by atoms with Crippen LogP contribution in [0.4, 0.5) is 10.2 Å². The van der Waals surface area contributed by atoms with Gasteiger partial charge >= 0.3 is 0 Å². The van der Waals surface area contributed by atoms with E-state index in [9.17, 15) is 4.39 Å². The maximum atomic E-state index is 13.9. The molecule has 6 heteroatoms. The minimum absolute atomic E-state index is 0.215. The molecule has 1 fully saturated rings. The van der Waals surface area contributed by atoms with E-state index < -0.39 is 0 Å². The fraction of sp³-hybridized carbons (Fsp3) is 0.429. The zero-order chi connectivity index (χ0) is 19.2. The Hall–Kier alpha value is -2.63. The van der Waals surface area contributed by atoms with Gasteiger partial charge < -0.3 is 15.5 Å². The molecule has 3 rings (SSSR count). The van der Waals surface area contributed by atoms with Gasteiger partial charge in [0.15, 0.2) is 17.6 Å². The Morgan fingerprint density at radius 1 is 1.37 bits per heavy atom. The van der Waals surface area contributed by atoms with Crippen LogP contribution in [0.2, 0.25) is 0 Å². The molecule has 144 valence electrons. The smallest absolute Gasteiger partial charge is 0.191 e. The predicted molar refractivity (Wildman–Crippen MR) is 109 cm³/mol. The summed E-state index contributed by atoms with van der Waals surface area (Å²) in [6, 6.07) is 11.9. The second-order valence-electron chi connectivity index (χ2n) is 7.15. The van der Waals surface area contributed by atoms with Gasteiger partial charge in [-0.15, -0.1) is 0 Å². The van der Waals surface area contributed by atoms with Crippen LogP contribution < -0.4 is 15.5 Å². The third-order valence-corrected chi connectivity index (χ3v) is 4.98. The minimum Gasteiger partial charge on any atom is -0.356 e. The van der Waals surface area contributed by atoms with Crippen molar-refractivity contribution in [1.82, 2.24) is 15.6 Å². The molecule has 2 atom stereocenters. The van der Waals surface area contributed by atoms with E-state index in [1.165, 1.54) is 17.2 Å². The van der Waals surface area contributed by atoms with Crippen molar-refractivity contribution in [3.05, 3.63) is 59.5 Å². The number of nitrogens with zero attached hydrogens (tertiary/aromatic N) is 3. The monoisotopic (exact) mass is 369 g/mol. The molecule has 27 heavy (non-hydrogen) atoms. The van der Waals surface area contributed by atoms with E-state index in [4.69, 9.17) is 0 Å². The minimum atomic E-state index is -0.271. The van der Waals surface area contributed by atoms with Crippen LogP contribution in [0.25, 0.3) is 0 Å². The molecule has 1 aromatic carbocycles. The van der Waals surface area contributed by atoms with Gasteiger partial charge in [0.1, 0.15) is 0 Å². The SMILES string of the molecule is CN=C(NCC(C)c1cccc(C)c1)NC1CCN(c2ncccc2F)C1. The highest BCUT2D eigenvalue weighted by atomic mass is 19.1. The lowest BCUT2D eigenvalue weighted by molar-refractivity contribution is 0.611. The molecule has 2 aromatic rings. The molecule has 1 aromatic heterocycles. The number of aryl methyl sites for hydroxylation is 1. The Labute approximate surface area is 160 Å². The lowest BCUT2D eigenvalue weighted by Gasteiger charge is -2.21. The van der Waals surface area contributed by atoms with Crippen LogP contribution in [0.3, 0.4) is 0 Å². The van der Waals surface area contributed by atoms with E-state index in [1.807, 2.05) is 4.90 Å². The second-order valence-corrected chi connectivity index (χ2v) is 7.15. The van der Waals surface area contributed by atoms with Gasteiger partial charge in [-0.25, -0.2) is 9.37 Å². The summed E-state index contributed by atoms with van der Waals surface area (Å²) in [7, 11) is 1.78. The van der Waals surface area contributed by atoms with Crippen molar-refractivity contribution in [3.63, 3.8) is 0 Å². The quantitative estimate of drug-likeness (QED) is 0.628. The van der Waals surface area contributed by atoms with Gasteiger partial charge in [-0.3, -0.25) is 4.99 Å². The van der Waals surface area contributed by atoms with Crippen LogP contribution in [0.15, 0.2) is 47.6 Å². The number of anilines is 1. The molecule has 1 aliphatic heterocycles. The summed E-state index contributed by atoms with van der Waals surface area (Å²) in [5.74, 6) is 1.32. The Bertz CT molecular complexity index is 792. The van der Waals surface area contributed by atoms with Crippen molar-refractivity contribution < 1.29 is 4.39 Å². The number of aliphatic imine (C=N–C) groups is 1. The number of hydrogen-bond acceptors (Lipinski definition) is 3. The highest BCUT2D eigenvalue weighted by molar-refractivity contribution is 5.80. The van der Waals surface area contributed by atoms with Gasteiger partial charge in [0.25, 0.3) is 0 Å². The Morgan fingerprint density at radius 2 is 2.22 bits per heavy atom. The van der Waals surface area contributed by atoms with Gasteiger partial charge in [0.05, 0.1) is 0 Å². The van der Waals surface area contributed by atoms with E-state index in [2.05, 4.69) is 58.7 Å². The second kappa shape index (κ2) is 8.84. The van der Waals surface area contributed by atoms with Crippen molar-refractivity contribution >= 4 is 11.8 Å². The zero-order valence-electron chi connectivity index (χ0n) is 16.2. The van der Waals surface area contributed by atoms with Gasteiger partial charge in [-0.2, -0.15) is 0 Å². The number of rotatable bonds is 5. The molecule has 1 aliphatic rings. The number of nitrogens with one attached hydrogen (secondary N) is 2. The van der Waals surface area contributed by atoms with Crippen molar-refractivity contribution in [2.45, 2.75) is 32.2 Å². The largest absolute Gasteiger partial charge is 0.356 e. The maximum absolute atomic E-state index is 13.9. The first kappa shape index (κ1) is 19.1. The van der Waals surface area contributed by atoms with Crippen LogP contribution >= 0.6 is 0 Å². The third kappa shape index (κ3) is 4.96. The van der Waals surface area contributed by atoms with E-state index in [0.717, 1.165) is 25.5 Å². The molecule has 2 N–H and O–H groups in total. The Balaban J connectivity index is 1.51. The number of pyridine rings is 1. The molecule has 1 saturated heterocycles. The van der Waals surface area contributed by atoms with Gasteiger partial charge in [0.2, 0.25) is 0 Å². The predicted octanol–water partition coefficient (Wildman–Crippen LogP) is 3.08. The first-order chi connectivity index (χ1) is 13.1. The van der Waals surface area contributed by atoms with E-state index in [-0.39, 0.29) is 11.9 Å². The van der Waals surface area contributed by atoms with Crippen LogP contribution in [0.1, 0.15) is 30.4 Å². The molecule has 0 bridgehead atoms. The molecule has 5 nitrogen and oxygen atoms in total. The van der Waals surface area contributed by atoms with Crippen LogP contribution in [-0.2, 0) is 0 Å². The maximum Gasteiger partial charge on any atom is 0.191 e. The summed E-state index contributed by atoms with van der Waals surface area (Å²) in [6.45, 7) is 6.61. The topological polar surface area (TPSA) is 52.6 Å². The van der Waals surface area contributed by atoms with Crippen molar-refractivity contribution in [2.24, 2.45) is 4.99 Å². The standard InChI is InChI=1S/C21H28FN5/c1-15-6-4-7-17(12-15)16(2)13-25-21(23-3)26-18-9-11-27(14-18)20-19(22)8-5-10-24-20/h4-8,10,12,16,18H,9,11,13-14H2,1-3H3,(H2,23,25,26). The fourth-order valence-corrected chi connectivity index (χ4v) is 3.41. The van der Waals surface area contributed by atoms with Gasteiger partial charge in [-0.1, -0.05) is 36.8 Å². The molecule has 0 aliphatic carbocycles. The Kier molecular flexibility index (Phi) is 6.27. The molecule has 0 saturated carbocycles. The fourth-order valence-electron chi connectivity index (χ4n) is 3.41. The molecule has 2 unspecified atom stereocenters. The van der Waals surface area contributed by atoms with E-state index in [0.29, 0.717) is 18.3 Å². The average Bonchev–Trinajstić information content (AvgIpc) is 3.13. The molecule has 0 spiro atoms. The number of hydrogen-bond donors (Lipinski definition) is 2. The third-order valence-electron chi connectivity index (χ3n) is 4.98. The number of benzene rings is 1. The van der Waals surface area contributed by atoms with Crippen molar-refractivity contribution in [1.29, 1.82) is 0 Å². The van der Waals surface area contributed by atoms with Crippen molar-refractivity contribution in [3.8, 4) is 0 Å². The lowest BCUT2D eigenvalue weighted by Crippen LogP contribution is -2.45. The van der Waals surface area contributed by atoms with Gasteiger partial charge in [0, 0.05) is 38.9 Å². The summed E-state index contributed by atoms with van der Waals surface area (Å²) in [5.41, 5.74) is 2.59. The molecule has 0 radical (unpaired) electrons. The number of aromatic nitrogens is 1. The van der Waals surface area contributed by atoms with Crippen molar-refractivity contribution in [2.75, 3.05) is 31.6 Å². The highest BCUT2D eigenvalue weighted by Gasteiger charge is 2.26.